The molecule has 0 spiro atoms. The van der Waals surface area contributed by atoms with E-state index in [0.717, 1.165) is 16.9 Å². The zero-order chi connectivity index (χ0) is 20.5. The lowest BCUT2D eigenvalue weighted by molar-refractivity contribution is 0.0963. The number of aryl methyl sites for hydroxylation is 1. The molecule has 0 aliphatic heterocycles. The molecule has 0 amide bonds. The molecule has 1 atom stereocenters. The molecule has 0 radical (unpaired) electrons. The van der Waals surface area contributed by atoms with Gasteiger partial charge in [0.1, 0.15) is 0 Å². The molecule has 0 saturated heterocycles. The van der Waals surface area contributed by atoms with Gasteiger partial charge in [-0.3, -0.25) is 4.79 Å². The number of carbonyl (C=O) groups is 1. The van der Waals surface area contributed by atoms with Crippen molar-refractivity contribution in [2.24, 2.45) is 0 Å². The number of rotatable bonds is 5. The molecule has 6 heteroatoms. The molecule has 150 valence electrons. The SMILES string of the molecule is COc1cc(C2CC(=O)c3cnn(-c4ccc(C)cc4)c3C2)cc(OC)c1OC. The molecule has 0 N–H and O–H groups in total. The van der Waals surface area contributed by atoms with Crippen molar-refractivity contribution in [3.05, 3.63) is 65.0 Å². The number of methoxy groups -OCH3 is 3. The Kier molecular flexibility index (Phi) is 5.01. The number of hydrogen-bond acceptors (Lipinski definition) is 5. The van der Waals surface area contributed by atoms with Crippen LogP contribution in [0.25, 0.3) is 5.69 Å². The van der Waals surface area contributed by atoms with Crippen molar-refractivity contribution in [3.63, 3.8) is 0 Å². The third-order valence-electron chi connectivity index (χ3n) is 5.48. The van der Waals surface area contributed by atoms with E-state index in [1.165, 1.54) is 5.56 Å². The molecule has 29 heavy (non-hydrogen) atoms. The Labute approximate surface area is 170 Å². The van der Waals surface area contributed by atoms with Gasteiger partial charge in [-0.25, -0.2) is 4.68 Å². The molecule has 6 nitrogen and oxygen atoms in total. The number of benzene rings is 2. The van der Waals surface area contributed by atoms with Gasteiger partial charge in [-0.2, -0.15) is 5.10 Å². The van der Waals surface area contributed by atoms with Crippen molar-refractivity contribution in [1.29, 1.82) is 0 Å². The number of ketones is 1. The summed E-state index contributed by atoms with van der Waals surface area (Å²) < 4.78 is 18.3. The molecular formula is C23H24N2O4. The van der Waals surface area contributed by atoms with Crippen molar-refractivity contribution < 1.29 is 19.0 Å². The van der Waals surface area contributed by atoms with Crippen molar-refractivity contribution in [2.45, 2.75) is 25.7 Å². The Morgan fingerprint density at radius 3 is 2.21 bits per heavy atom. The molecule has 0 saturated carbocycles. The highest BCUT2D eigenvalue weighted by molar-refractivity contribution is 5.98. The summed E-state index contributed by atoms with van der Waals surface area (Å²) in [5.74, 6) is 1.83. The van der Waals surface area contributed by atoms with E-state index >= 15 is 0 Å². The number of ether oxygens (including phenoxy) is 3. The van der Waals surface area contributed by atoms with E-state index in [0.29, 0.717) is 35.7 Å². The first-order valence-corrected chi connectivity index (χ1v) is 9.52. The van der Waals surface area contributed by atoms with Crippen LogP contribution in [0.4, 0.5) is 0 Å². The Hall–Kier alpha value is -3.28. The average Bonchev–Trinajstić information content (AvgIpc) is 3.17. The fourth-order valence-electron chi connectivity index (χ4n) is 3.92. The first kappa shape index (κ1) is 19.1. The third kappa shape index (κ3) is 3.35. The van der Waals surface area contributed by atoms with E-state index < -0.39 is 0 Å². The summed E-state index contributed by atoms with van der Waals surface area (Å²) in [5.41, 5.74) is 4.75. The molecule has 0 bridgehead atoms. The van der Waals surface area contributed by atoms with E-state index in [1.54, 1.807) is 27.5 Å². The second kappa shape index (κ2) is 7.62. The fourth-order valence-corrected chi connectivity index (χ4v) is 3.92. The van der Waals surface area contributed by atoms with E-state index in [2.05, 4.69) is 5.10 Å². The maximum atomic E-state index is 12.9. The standard InChI is InChI=1S/C23H24N2O4/c1-14-5-7-17(8-6-14)25-19-9-15(10-20(26)18(19)13-24-25)16-11-21(27-2)23(29-4)22(12-16)28-3/h5-8,11-13,15H,9-10H2,1-4H3. The smallest absolute Gasteiger partial charge is 0.203 e. The number of carbonyl (C=O) groups excluding carboxylic acids is 1. The number of hydrogen-bond donors (Lipinski definition) is 0. The highest BCUT2D eigenvalue weighted by atomic mass is 16.5. The summed E-state index contributed by atoms with van der Waals surface area (Å²) in [5, 5.41) is 4.50. The van der Waals surface area contributed by atoms with E-state index in [1.807, 2.05) is 48.0 Å². The molecule has 4 rings (SSSR count). The van der Waals surface area contributed by atoms with Gasteiger partial charge in [0.05, 0.1) is 44.5 Å². The summed E-state index contributed by atoms with van der Waals surface area (Å²) in [6.45, 7) is 2.05. The normalized spacial score (nSPS) is 15.7. The number of Topliss-reactive ketones (excluding diaryl/α,β-unsaturated/α-hetero) is 1. The lowest BCUT2D eigenvalue weighted by Gasteiger charge is -2.24. The molecule has 3 aromatic rings. The van der Waals surface area contributed by atoms with Gasteiger partial charge in [0.25, 0.3) is 0 Å². The van der Waals surface area contributed by atoms with Gasteiger partial charge in [0.15, 0.2) is 17.3 Å². The fraction of sp³-hybridized carbons (Fsp3) is 0.304. The summed E-state index contributed by atoms with van der Waals surface area (Å²) in [6.07, 6.45) is 2.81. The van der Waals surface area contributed by atoms with E-state index in [9.17, 15) is 4.79 Å². The molecule has 1 heterocycles. The predicted molar refractivity (Wildman–Crippen MR) is 110 cm³/mol. The maximum Gasteiger partial charge on any atom is 0.203 e. The molecule has 1 unspecified atom stereocenters. The quantitative estimate of drug-likeness (QED) is 0.654. The monoisotopic (exact) mass is 392 g/mol. The van der Waals surface area contributed by atoms with Crippen LogP contribution in [0.5, 0.6) is 17.2 Å². The minimum atomic E-state index is 0.00426. The van der Waals surface area contributed by atoms with Crippen molar-refractivity contribution in [2.75, 3.05) is 21.3 Å². The number of nitrogens with zero attached hydrogens (tertiary/aromatic N) is 2. The molecule has 1 aromatic heterocycles. The van der Waals surface area contributed by atoms with Crippen LogP contribution in [0.2, 0.25) is 0 Å². The van der Waals surface area contributed by atoms with Crippen LogP contribution in [0, 0.1) is 6.92 Å². The van der Waals surface area contributed by atoms with Crippen molar-refractivity contribution in [1.82, 2.24) is 9.78 Å². The molecular weight excluding hydrogens is 368 g/mol. The second-order valence-electron chi connectivity index (χ2n) is 7.24. The third-order valence-corrected chi connectivity index (χ3v) is 5.48. The van der Waals surface area contributed by atoms with Gasteiger partial charge in [-0.05, 0) is 49.1 Å². The predicted octanol–water partition coefficient (Wildman–Crippen LogP) is 4.12. The van der Waals surface area contributed by atoms with Crippen LogP contribution < -0.4 is 14.2 Å². The largest absolute Gasteiger partial charge is 0.493 e. The van der Waals surface area contributed by atoms with Gasteiger partial charge in [0, 0.05) is 6.42 Å². The maximum absolute atomic E-state index is 12.9. The van der Waals surface area contributed by atoms with E-state index in [4.69, 9.17) is 14.2 Å². The highest BCUT2D eigenvalue weighted by Gasteiger charge is 2.31. The second-order valence-corrected chi connectivity index (χ2v) is 7.24. The van der Waals surface area contributed by atoms with Crippen LogP contribution in [-0.2, 0) is 6.42 Å². The van der Waals surface area contributed by atoms with Crippen LogP contribution >= 0.6 is 0 Å². The van der Waals surface area contributed by atoms with E-state index in [-0.39, 0.29) is 11.7 Å². The Bertz CT molecular complexity index is 1030. The Morgan fingerprint density at radius 1 is 0.966 bits per heavy atom. The molecule has 1 aliphatic rings. The van der Waals surface area contributed by atoms with Gasteiger partial charge < -0.3 is 14.2 Å². The van der Waals surface area contributed by atoms with Gasteiger partial charge in [-0.1, -0.05) is 17.7 Å². The zero-order valence-corrected chi connectivity index (χ0v) is 17.1. The molecule has 0 fully saturated rings. The van der Waals surface area contributed by atoms with Crippen molar-refractivity contribution >= 4 is 5.78 Å². The lowest BCUT2D eigenvalue weighted by Crippen LogP contribution is -2.20. The minimum Gasteiger partial charge on any atom is -0.493 e. The summed E-state index contributed by atoms with van der Waals surface area (Å²) in [6, 6.07) is 12.0. The van der Waals surface area contributed by atoms with Gasteiger partial charge >= 0.3 is 0 Å². The molecule has 1 aliphatic carbocycles. The summed E-state index contributed by atoms with van der Waals surface area (Å²) >= 11 is 0. The van der Waals surface area contributed by atoms with Crippen LogP contribution in [0.15, 0.2) is 42.6 Å². The Balaban J connectivity index is 1.75. The summed E-state index contributed by atoms with van der Waals surface area (Å²) in [7, 11) is 4.77. The Morgan fingerprint density at radius 2 is 1.62 bits per heavy atom. The average molecular weight is 392 g/mol. The van der Waals surface area contributed by atoms with Crippen LogP contribution in [0.1, 0.15) is 39.5 Å². The topological polar surface area (TPSA) is 62.6 Å². The van der Waals surface area contributed by atoms with Crippen LogP contribution in [0.3, 0.4) is 0 Å². The first-order valence-electron chi connectivity index (χ1n) is 9.52. The highest BCUT2D eigenvalue weighted by Crippen LogP contribution is 2.43. The van der Waals surface area contributed by atoms with Gasteiger partial charge in [0.2, 0.25) is 5.75 Å². The van der Waals surface area contributed by atoms with Crippen molar-refractivity contribution in [3.8, 4) is 22.9 Å². The first-order chi connectivity index (χ1) is 14.0. The van der Waals surface area contributed by atoms with Gasteiger partial charge in [-0.15, -0.1) is 0 Å². The zero-order valence-electron chi connectivity index (χ0n) is 17.1. The number of aromatic nitrogens is 2. The molecule has 2 aromatic carbocycles. The number of fused-ring (bicyclic) bond motifs is 1. The lowest BCUT2D eigenvalue weighted by atomic mass is 9.82. The van der Waals surface area contributed by atoms with Crippen LogP contribution in [-0.4, -0.2) is 36.9 Å². The minimum absolute atomic E-state index is 0.00426. The summed E-state index contributed by atoms with van der Waals surface area (Å²) in [4.78, 5) is 12.9.